The van der Waals surface area contributed by atoms with Crippen molar-refractivity contribution in [2.75, 3.05) is 11.4 Å². The van der Waals surface area contributed by atoms with Gasteiger partial charge in [-0.25, -0.2) is 9.38 Å². The van der Waals surface area contributed by atoms with Crippen molar-refractivity contribution in [3.05, 3.63) is 131 Å². The number of carbonyl (C=O) groups is 2. The van der Waals surface area contributed by atoms with Gasteiger partial charge in [0.1, 0.15) is 11.5 Å². The molecule has 0 fully saturated rings. The third kappa shape index (κ3) is 4.30. The van der Waals surface area contributed by atoms with Crippen LogP contribution in [0.4, 0.5) is 15.8 Å². The fourth-order valence-electron chi connectivity index (χ4n) is 5.56. The van der Waals surface area contributed by atoms with E-state index in [1.54, 1.807) is 29.3 Å². The molecule has 0 saturated heterocycles. The first-order valence-electron chi connectivity index (χ1n) is 13.4. The van der Waals surface area contributed by atoms with Gasteiger partial charge in [0.05, 0.1) is 17.1 Å². The first-order chi connectivity index (χ1) is 20.1. The fourth-order valence-corrected chi connectivity index (χ4v) is 5.56. The Balaban J connectivity index is 1.31. The fraction of sp³-hybridized carbons (Fsp3) is 0.0909. The molecule has 3 heterocycles. The molecule has 2 N–H and O–H groups in total. The van der Waals surface area contributed by atoms with Crippen molar-refractivity contribution in [3.8, 4) is 0 Å². The van der Waals surface area contributed by atoms with E-state index < -0.39 is 17.9 Å². The number of nitrogens with zero attached hydrogens (tertiary/aromatic N) is 3. The zero-order valence-electron chi connectivity index (χ0n) is 21.8. The molecule has 0 bridgehead atoms. The monoisotopic (exact) mass is 541 g/mol. The van der Waals surface area contributed by atoms with E-state index in [1.807, 2.05) is 72.8 Å². The van der Waals surface area contributed by atoms with Crippen molar-refractivity contribution < 1.29 is 14.0 Å². The summed E-state index contributed by atoms with van der Waals surface area (Å²) in [5.74, 6) is -1.34. The van der Waals surface area contributed by atoms with Gasteiger partial charge < -0.3 is 15.2 Å². The topological polar surface area (TPSA) is 89.9 Å². The van der Waals surface area contributed by atoms with Crippen molar-refractivity contribution in [3.63, 3.8) is 0 Å². The molecule has 1 aromatic heterocycles. The molecular weight excluding hydrogens is 517 g/mol. The normalized spacial score (nSPS) is 16.1. The highest BCUT2D eigenvalue weighted by atomic mass is 19.1. The summed E-state index contributed by atoms with van der Waals surface area (Å²) < 4.78 is 15.1. The number of amides is 2. The summed E-state index contributed by atoms with van der Waals surface area (Å²) in [6.07, 6.45) is 1.05. The Morgan fingerprint density at radius 1 is 0.951 bits per heavy atom. The van der Waals surface area contributed by atoms with Crippen molar-refractivity contribution in [2.24, 2.45) is 9.98 Å². The van der Waals surface area contributed by atoms with Gasteiger partial charge >= 0.3 is 0 Å². The van der Waals surface area contributed by atoms with E-state index in [-0.39, 0.29) is 17.2 Å². The van der Waals surface area contributed by atoms with Crippen molar-refractivity contribution in [2.45, 2.75) is 12.6 Å². The summed E-state index contributed by atoms with van der Waals surface area (Å²) in [6, 6.07) is 29.0. The van der Waals surface area contributed by atoms with Crippen molar-refractivity contribution in [1.29, 1.82) is 0 Å². The van der Waals surface area contributed by atoms with E-state index in [0.29, 0.717) is 29.8 Å². The summed E-state index contributed by atoms with van der Waals surface area (Å²) in [5, 5.41) is 3.65. The lowest BCUT2D eigenvalue weighted by atomic mass is 9.98. The number of fused-ring (bicyclic) bond motifs is 1. The number of carbonyl (C=O) groups excluding carboxylic acids is 2. The van der Waals surface area contributed by atoms with Crippen LogP contribution in [0.15, 0.2) is 107 Å². The highest BCUT2D eigenvalue weighted by Gasteiger charge is 2.38. The minimum Gasteiger partial charge on any atom is -0.350 e. The predicted molar refractivity (Wildman–Crippen MR) is 158 cm³/mol. The van der Waals surface area contributed by atoms with Crippen LogP contribution in [-0.4, -0.2) is 41.4 Å². The maximum atomic E-state index is 15.1. The summed E-state index contributed by atoms with van der Waals surface area (Å²) in [6.45, 7) is 0.457. The van der Waals surface area contributed by atoms with E-state index in [2.05, 4.69) is 15.3 Å². The van der Waals surface area contributed by atoms with Crippen LogP contribution in [0.3, 0.4) is 0 Å². The Morgan fingerprint density at radius 2 is 1.71 bits per heavy atom. The highest BCUT2D eigenvalue weighted by Crippen LogP contribution is 2.36. The molecule has 41 heavy (non-hydrogen) atoms. The average molecular weight is 542 g/mol. The number of anilines is 1. The van der Waals surface area contributed by atoms with Crippen LogP contribution < -0.4 is 10.2 Å². The molecule has 5 aromatic rings. The van der Waals surface area contributed by atoms with Gasteiger partial charge in [0, 0.05) is 40.4 Å². The van der Waals surface area contributed by atoms with Crippen LogP contribution in [0.5, 0.6) is 0 Å². The zero-order valence-corrected chi connectivity index (χ0v) is 21.8. The molecule has 1 unspecified atom stereocenters. The number of H-pyrrole nitrogens is 1. The van der Waals surface area contributed by atoms with Crippen LogP contribution in [-0.2, 0) is 11.2 Å². The van der Waals surface area contributed by atoms with Gasteiger partial charge in [0.25, 0.3) is 11.8 Å². The second-order valence-electron chi connectivity index (χ2n) is 9.94. The maximum Gasteiger partial charge on any atom is 0.272 e. The van der Waals surface area contributed by atoms with Crippen molar-refractivity contribution in [1.82, 2.24) is 10.3 Å². The smallest absolute Gasteiger partial charge is 0.272 e. The average Bonchev–Trinajstić information content (AvgIpc) is 3.58. The molecule has 0 spiro atoms. The van der Waals surface area contributed by atoms with Gasteiger partial charge in [-0.05, 0) is 42.3 Å². The molecule has 1 atom stereocenters. The quantitative estimate of drug-likeness (QED) is 0.286. The summed E-state index contributed by atoms with van der Waals surface area (Å²) in [7, 11) is 0. The van der Waals surface area contributed by atoms with Crippen LogP contribution >= 0.6 is 0 Å². The molecule has 4 aromatic carbocycles. The van der Waals surface area contributed by atoms with E-state index in [4.69, 9.17) is 4.99 Å². The number of hydrogen-bond donors (Lipinski definition) is 2. The minimum absolute atomic E-state index is 0.255. The molecule has 7 nitrogen and oxygen atoms in total. The molecule has 0 saturated carbocycles. The van der Waals surface area contributed by atoms with Gasteiger partial charge in [0.15, 0.2) is 0 Å². The second kappa shape index (κ2) is 9.98. The number of rotatable bonds is 5. The van der Waals surface area contributed by atoms with Gasteiger partial charge in [-0.1, -0.05) is 66.7 Å². The number of halogens is 1. The number of aromatic nitrogens is 1. The molecule has 2 amide bonds. The van der Waals surface area contributed by atoms with E-state index in [0.717, 1.165) is 27.8 Å². The Hall–Kier alpha value is -5.37. The summed E-state index contributed by atoms with van der Waals surface area (Å²) in [4.78, 5) is 41.8. The predicted octanol–water partition coefficient (Wildman–Crippen LogP) is 5.55. The lowest BCUT2D eigenvalue weighted by Gasteiger charge is -2.21. The Morgan fingerprint density at radius 3 is 2.56 bits per heavy atom. The third-order valence-corrected chi connectivity index (χ3v) is 7.48. The SMILES string of the molecule is O=C(NC1N=C(c2ccccc2F)c2cccc3c2N(CC3)C1=O)c1[nH]c2ccccc2c1/C=N/c1ccccc1. The Labute approximate surface area is 235 Å². The molecular formula is C33H24FN5O2. The lowest BCUT2D eigenvalue weighted by Crippen LogP contribution is -2.47. The summed E-state index contributed by atoms with van der Waals surface area (Å²) >= 11 is 0. The number of para-hydroxylation sites is 3. The Kier molecular flexibility index (Phi) is 6.00. The van der Waals surface area contributed by atoms with Gasteiger partial charge in [-0.3, -0.25) is 14.6 Å². The molecule has 200 valence electrons. The van der Waals surface area contributed by atoms with Gasteiger partial charge in [-0.15, -0.1) is 0 Å². The van der Waals surface area contributed by atoms with E-state index >= 15 is 4.39 Å². The molecule has 7 rings (SSSR count). The maximum absolute atomic E-state index is 15.1. The zero-order chi connectivity index (χ0) is 27.9. The lowest BCUT2D eigenvalue weighted by molar-refractivity contribution is -0.120. The number of nitrogens with one attached hydrogen (secondary N) is 2. The first-order valence-corrected chi connectivity index (χ1v) is 13.4. The van der Waals surface area contributed by atoms with Gasteiger partial charge in [-0.2, -0.15) is 0 Å². The standard InChI is InChI=1S/C33H24FN5O2/c34-26-15-6-4-13-23(26)28-24-14-8-9-20-17-18-39(30(20)24)33(41)31(37-28)38-32(40)29-25(19-35-21-10-2-1-3-11-21)22-12-5-7-16-27(22)36-29/h1-16,19,31,36H,17-18H2,(H,38,40)/b35-19+. The number of hydrogen-bond acceptors (Lipinski definition) is 4. The van der Waals surface area contributed by atoms with Crippen molar-refractivity contribution >= 4 is 46.0 Å². The molecule has 2 aliphatic rings. The van der Waals surface area contributed by atoms with Crippen LogP contribution in [0, 0.1) is 5.82 Å². The van der Waals surface area contributed by atoms with Crippen LogP contribution in [0.2, 0.25) is 0 Å². The number of benzene rings is 4. The van der Waals surface area contributed by atoms with Crippen LogP contribution in [0.25, 0.3) is 10.9 Å². The second-order valence-corrected chi connectivity index (χ2v) is 9.94. The molecule has 8 heteroatoms. The summed E-state index contributed by atoms with van der Waals surface area (Å²) in [5.41, 5.74) is 5.30. The van der Waals surface area contributed by atoms with E-state index in [9.17, 15) is 9.59 Å². The third-order valence-electron chi connectivity index (χ3n) is 7.48. The molecule has 0 radical (unpaired) electrons. The first kappa shape index (κ1) is 24.7. The van der Waals surface area contributed by atoms with Gasteiger partial charge in [0.2, 0.25) is 6.17 Å². The van der Waals surface area contributed by atoms with Crippen LogP contribution in [0.1, 0.15) is 32.7 Å². The Bertz CT molecular complexity index is 1890. The number of aliphatic imine (C=N–C) groups is 2. The highest BCUT2D eigenvalue weighted by molar-refractivity contribution is 6.21. The molecule has 0 aliphatic carbocycles. The largest absolute Gasteiger partial charge is 0.350 e. The molecule has 2 aliphatic heterocycles. The minimum atomic E-state index is -1.26. The number of aromatic amines is 1. The van der Waals surface area contributed by atoms with E-state index in [1.165, 1.54) is 6.07 Å².